The first-order valence-electron chi connectivity index (χ1n) is 7.02. The highest BCUT2D eigenvalue weighted by atomic mass is 32.2. The molecule has 0 saturated carbocycles. The van der Waals surface area contributed by atoms with Gasteiger partial charge < -0.3 is 5.32 Å². The number of halogens is 3. The summed E-state index contributed by atoms with van der Waals surface area (Å²) in [5.74, 6) is 0.167. The molecule has 2 aromatic heterocycles. The van der Waals surface area contributed by atoms with Crippen LogP contribution in [0.2, 0.25) is 0 Å². The van der Waals surface area contributed by atoms with Gasteiger partial charge >= 0.3 is 6.18 Å². The average Bonchev–Trinajstić information content (AvgIpc) is 2.86. The minimum absolute atomic E-state index is 0.0232. The van der Waals surface area contributed by atoms with Crippen molar-refractivity contribution >= 4 is 23.3 Å². The summed E-state index contributed by atoms with van der Waals surface area (Å²) < 4.78 is 39.5. The number of nitrogens with zero attached hydrogens (tertiary/aromatic N) is 3. The first-order chi connectivity index (χ1) is 10.7. The second kappa shape index (κ2) is 6.77. The zero-order valence-electron chi connectivity index (χ0n) is 12.9. The fraction of sp³-hybridized carbons (Fsp3) is 0.500. The van der Waals surface area contributed by atoms with Gasteiger partial charge in [0, 0.05) is 12.2 Å². The number of carbonyl (C=O) groups is 1. The van der Waals surface area contributed by atoms with Crippen molar-refractivity contribution in [2.75, 3.05) is 5.75 Å². The number of rotatable bonds is 5. The smallest absolute Gasteiger partial charge is 0.353 e. The molecular weight excluding hydrogens is 329 g/mol. The standard InChI is InChI=1S/C14H17F3N4OS/c1-8(2)9(3)18-12(22)7-23-13-20-19-11-5-4-10(6-21(11)13)14(15,16)17/h4-6,8-9H,7H2,1-3H3,(H,18,22). The van der Waals surface area contributed by atoms with Crippen molar-refractivity contribution < 1.29 is 18.0 Å². The molecule has 0 saturated heterocycles. The predicted molar refractivity (Wildman–Crippen MR) is 81.2 cm³/mol. The molecule has 126 valence electrons. The predicted octanol–water partition coefficient (Wildman–Crippen LogP) is 3.00. The van der Waals surface area contributed by atoms with Crippen LogP contribution in [0.3, 0.4) is 0 Å². The Labute approximate surface area is 135 Å². The molecule has 2 aromatic rings. The lowest BCUT2D eigenvalue weighted by atomic mass is 10.1. The number of aromatic nitrogens is 3. The van der Waals surface area contributed by atoms with Crippen molar-refractivity contribution in [2.45, 2.75) is 38.1 Å². The summed E-state index contributed by atoms with van der Waals surface area (Å²) in [6.07, 6.45) is -3.50. The Kier molecular flexibility index (Phi) is 5.18. The van der Waals surface area contributed by atoms with Gasteiger partial charge in [-0.2, -0.15) is 13.2 Å². The Bertz CT molecular complexity index is 699. The van der Waals surface area contributed by atoms with Crippen LogP contribution < -0.4 is 5.32 Å². The number of thioether (sulfide) groups is 1. The van der Waals surface area contributed by atoms with Crippen molar-refractivity contribution in [2.24, 2.45) is 5.92 Å². The summed E-state index contributed by atoms with van der Waals surface area (Å²) in [6, 6.07) is 2.23. The van der Waals surface area contributed by atoms with E-state index < -0.39 is 11.7 Å². The van der Waals surface area contributed by atoms with E-state index >= 15 is 0 Å². The molecule has 0 aliphatic heterocycles. The first-order valence-corrected chi connectivity index (χ1v) is 8.01. The lowest BCUT2D eigenvalue weighted by molar-refractivity contribution is -0.137. The molecule has 0 aliphatic rings. The Morgan fingerprint density at radius 3 is 2.61 bits per heavy atom. The summed E-state index contributed by atoms with van der Waals surface area (Å²) in [5.41, 5.74) is -0.485. The second-order valence-electron chi connectivity index (χ2n) is 5.52. The summed E-state index contributed by atoms with van der Waals surface area (Å²) >= 11 is 1.05. The topological polar surface area (TPSA) is 59.3 Å². The molecule has 1 unspecified atom stereocenters. The van der Waals surface area contributed by atoms with E-state index in [0.717, 1.165) is 24.0 Å². The Morgan fingerprint density at radius 2 is 2.00 bits per heavy atom. The number of hydrogen-bond donors (Lipinski definition) is 1. The molecule has 9 heteroatoms. The Balaban J connectivity index is 2.10. The van der Waals surface area contributed by atoms with Gasteiger partial charge in [-0.1, -0.05) is 25.6 Å². The highest BCUT2D eigenvalue weighted by molar-refractivity contribution is 7.99. The van der Waals surface area contributed by atoms with E-state index in [9.17, 15) is 18.0 Å². The highest BCUT2D eigenvalue weighted by Gasteiger charge is 2.31. The third-order valence-corrected chi connectivity index (χ3v) is 4.36. The van der Waals surface area contributed by atoms with Crippen LogP contribution in [0.25, 0.3) is 5.65 Å². The fourth-order valence-electron chi connectivity index (χ4n) is 1.73. The molecule has 5 nitrogen and oxygen atoms in total. The molecule has 0 fully saturated rings. The van der Waals surface area contributed by atoms with Crippen LogP contribution in [0.5, 0.6) is 0 Å². The average molecular weight is 346 g/mol. The molecule has 0 spiro atoms. The number of fused-ring (bicyclic) bond motifs is 1. The summed E-state index contributed by atoms with van der Waals surface area (Å²) in [6.45, 7) is 5.88. The van der Waals surface area contributed by atoms with Crippen LogP contribution in [0, 0.1) is 5.92 Å². The molecule has 0 bridgehead atoms. The molecular formula is C14H17F3N4OS. The van der Waals surface area contributed by atoms with E-state index in [-0.39, 0.29) is 22.9 Å². The number of nitrogens with one attached hydrogen (secondary N) is 1. The van der Waals surface area contributed by atoms with Crippen molar-refractivity contribution in [3.8, 4) is 0 Å². The van der Waals surface area contributed by atoms with Crippen LogP contribution in [0.15, 0.2) is 23.5 Å². The number of pyridine rings is 1. The minimum Gasteiger partial charge on any atom is -0.353 e. The van der Waals surface area contributed by atoms with Gasteiger partial charge in [0.2, 0.25) is 5.91 Å². The highest BCUT2D eigenvalue weighted by Crippen LogP contribution is 2.30. The van der Waals surface area contributed by atoms with E-state index in [1.165, 1.54) is 10.5 Å². The molecule has 1 N–H and O–H groups in total. The lowest BCUT2D eigenvalue weighted by Gasteiger charge is -2.16. The Morgan fingerprint density at radius 1 is 1.30 bits per heavy atom. The monoisotopic (exact) mass is 346 g/mol. The van der Waals surface area contributed by atoms with E-state index in [4.69, 9.17) is 0 Å². The van der Waals surface area contributed by atoms with Crippen molar-refractivity contribution in [1.82, 2.24) is 19.9 Å². The van der Waals surface area contributed by atoms with Gasteiger partial charge in [0.25, 0.3) is 0 Å². The molecule has 1 amide bonds. The van der Waals surface area contributed by atoms with Gasteiger partial charge in [0.1, 0.15) is 0 Å². The molecule has 2 heterocycles. The molecule has 0 aliphatic carbocycles. The van der Waals surface area contributed by atoms with E-state index in [0.29, 0.717) is 11.6 Å². The van der Waals surface area contributed by atoms with Crippen LogP contribution in [-0.2, 0) is 11.0 Å². The maximum absolute atomic E-state index is 12.8. The largest absolute Gasteiger partial charge is 0.417 e. The molecule has 23 heavy (non-hydrogen) atoms. The summed E-state index contributed by atoms with van der Waals surface area (Å²) in [4.78, 5) is 11.8. The second-order valence-corrected chi connectivity index (χ2v) is 6.46. The van der Waals surface area contributed by atoms with Crippen molar-refractivity contribution in [3.05, 3.63) is 23.9 Å². The maximum Gasteiger partial charge on any atom is 0.417 e. The minimum atomic E-state index is -4.44. The molecule has 0 aromatic carbocycles. The number of amides is 1. The quantitative estimate of drug-likeness (QED) is 0.846. The van der Waals surface area contributed by atoms with Crippen molar-refractivity contribution in [3.63, 3.8) is 0 Å². The number of carbonyl (C=O) groups excluding carboxylic acids is 1. The van der Waals surface area contributed by atoms with Crippen molar-refractivity contribution in [1.29, 1.82) is 0 Å². The summed E-state index contributed by atoms with van der Waals surface area (Å²) in [5, 5.41) is 10.7. The van der Waals surface area contributed by atoms with E-state index in [1.54, 1.807) is 0 Å². The fourth-order valence-corrected chi connectivity index (χ4v) is 2.46. The van der Waals surface area contributed by atoms with Gasteiger partial charge in [-0.3, -0.25) is 9.20 Å². The normalized spacial score (nSPS) is 13.5. The number of hydrogen-bond acceptors (Lipinski definition) is 4. The van der Waals surface area contributed by atoms with Crippen LogP contribution >= 0.6 is 11.8 Å². The van der Waals surface area contributed by atoms with Gasteiger partial charge in [-0.05, 0) is 25.0 Å². The maximum atomic E-state index is 12.8. The SMILES string of the molecule is CC(C)C(C)NC(=O)CSc1nnc2ccc(C(F)(F)F)cn12. The first kappa shape index (κ1) is 17.6. The molecule has 0 radical (unpaired) electrons. The van der Waals surface area contributed by atoms with E-state index in [2.05, 4.69) is 15.5 Å². The van der Waals surface area contributed by atoms with E-state index in [1.807, 2.05) is 20.8 Å². The Hall–Kier alpha value is -1.77. The number of alkyl halides is 3. The third kappa shape index (κ3) is 4.37. The lowest BCUT2D eigenvalue weighted by Crippen LogP contribution is -2.37. The zero-order valence-corrected chi connectivity index (χ0v) is 13.7. The molecule has 1 atom stereocenters. The van der Waals surface area contributed by atoms with Crippen LogP contribution in [0.4, 0.5) is 13.2 Å². The summed E-state index contributed by atoms with van der Waals surface area (Å²) in [7, 11) is 0. The van der Waals surface area contributed by atoms with Gasteiger partial charge in [0.15, 0.2) is 10.8 Å². The third-order valence-electron chi connectivity index (χ3n) is 3.42. The van der Waals surface area contributed by atoms with Gasteiger partial charge in [0.05, 0.1) is 11.3 Å². The van der Waals surface area contributed by atoms with Gasteiger partial charge in [-0.25, -0.2) is 0 Å². The zero-order chi connectivity index (χ0) is 17.2. The van der Waals surface area contributed by atoms with Gasteiger partial charge in [-0.15, -0.1) is 10.2 Å². The van der Waals surface area contributed by atoms with Crippen LogP contribution in [0.1, 0.15) is 26.3 Å². The van der Waals surface area contributed by atoms with Crippen LogP contribution in [-0.4, -0.2) is 32.3 Å². The molecule has 2 rings (SSSR count).